The molecule has 3 unspecified atom stereocenters. The molecule has 234 valence electrons. The number of methoxy groups -OCH3 is 1. The van der Waals surface area contributed by atoms with E-state index in [1.807, 2.05) is 6.92 Å². The van der Waals surface area contributed by atoms with E-state index in [0.717, 1.165) is 36.4 Å². The van der Waals surface area contributed by atoms with Crippen molar-refractivity contribution >= 4 is 14.3 Å². The van der Waals surface area contributed by atoms with Crippen LogP contribution in [-0.2, 0) is 18.7 Å². The summed E-state index contributed by atoms with van der Waals surface area (Å²) in [5.74, 6) is 2.96. The number of hydrogen-bond acceptors (Lipinski definition) is 4. The normalized spacial score (nSPS) is 53.3. The van der Waals surface area contributed by atoms with E-state index in [2.05, 4.69) is 62.3 Å². The van der Waals surface area contributed by atoms with Gasteiger partial charge in [0.25, 0.3) is 0 Å². The van der Waals surface area contributed by atoms with Gasteiger partial charge in [-0.2, -0.15) is 0 Å². The third-order valence-electron chi connectivity index (χ3n) is 16.4. The number of hydrogen-bond donors (Lipinski definition) is 0. The molecule has 0 aromatic rings. The largest absolute Gasteiger partial charge is 0.467 e. The molecule has 41 heavy (non-hydrogen) atoms. The summed E-state index contributed by atoms with van der Waals surface area (Å²) in [5.41, 5.74) is 0.749. The van der Waals surface area contributed by atoms with Crippen LogP contribution in [0.4, 0.5) is 0 Å². The summed E-state index contributed by atoms with van der Waals surface area (Å²) in [6.07, 6.45) is 10.4. The maximum atomic E-state index is 13.2. The monoisotopic (exact) mass is 586 g/mol. The highest BCUT2D eigenvalue weighted by Crippen LogP contribution is 2.89. The third-order valence-corrected chi connectivity index (χ3v) is 21.1. The lowest BCUT2D eigenvalue weighted by Gasteiger charge is -2.64. The number of carbonyl (C=O) groups excluding carboxylic acids is 1. The Morgan fingerprint density at radius 3 is 2.10 bits per heavy atom. The van der Waals surface area contributed by atoms with Gasteiger partial charge in [-0.25, -0.2) is 4.79 Å². The molecule has 1 aliphatic heterocycles. The number of ether oxygens (including phenoxy) is 2. The second kappa shape index (κ2) is 9.32. The smallest absolute Gasteiger partial charge is 0.337 e. The maximum absolute atomic E-state index is 13.2. The van der Waals surface area contributed by atoms with E-state index in [-0.39, 0.29) is 29.0 Å². The van der Waals surface area contributed by atoms with Gasteiger partial charge in [0.1, 0.15) is 0 Å². The van der Waals surface area contributed by atoms with Crippen LogP contribution in [0.1, 0.15) is 121 Å². The van der Waals surface area contributed by atoms with Crippen LogP contribution in [0.2, 0.25) is 18.1 Å². The molecule has 0 amide bonds. The number of rotatable bonds is 6. The van der Waals surface area contributed by atoms with Crippen molar-refractivity contribution in [2.75, 3.05) is 7.11 Å². The first-order valence-corrected chi connectivity index (χ1v) is 20.1. The van der Waals surface area contributed by atoms with Crippen molar-refractivity contribution in [3.63, 3.8) is 0 Å². The molecule has 2 spiro atoms. The molecule has 0 bridgehead atoms. The summed E-state index contributed by atoms with van der Waals surface area (Å²) in [6.45, 7) is 24.6. The van der Waals surface area contributed by atoms with Gasteiger partial charge in [-0.15, -0.1) is 0 Å². The fourth-order valence-corrected chi connectivity index (χ4v) is 16.5. The minimum atomic E-state index is -1.95. The molecule has 0 N–H and O–H groups in total. The second-order valence-electron chi connectivity index (χ2n) is 17.4. The molecule has 0 aromatic heterocycles. The summed E-state index contributed by atoms with van der Waals surface area (Å²) in [6, 6.07) is 3.45. The zero-order valence-corrected chi connectivity index (χ0v) is 29.5. The van der Waals surface area contributed by atoms with E-state index in [4.69, 9.17) is 13.9 Å². The predicted molar refractivity (Wildman–Crippen MR) is 168 cm³/mol. The molecule has 5 aliphatic carbocycles. The Bertz CT molecular complexity index is 1060. The van der Waals surface area contributed by atoms with Gasteiger partial charge in [0.05, 0.1) is 19.3 Å². The Labute approximate surface area is 252 Å². The molecule has 5 heteroatoms. The van der Waals surface area contributed by atoms with Crippen molar-refractivity contribution in [2.45, 2.75) is 157 Å². The van der Waals surface area contributed by atoms with Gasteiger partial charge in [0, 0.05) is 5.41 Å². The highest BCUT2D eigenvalue weighted by molar-refractivity contribution is 6.73. The van der Waals surface area contributed by atoms with Crippen molar-refractivity contribution in [3.8, 4) is 0 Å². The van der Waals surface area contributed by atoms with Gasteiger partial charge in [-0.1, -0.05) is 62.3 Å². The molecule has 0 radical (unpaired) electrons. The van der Waals surface area contributed by atoms with Crippen LogP contribution >= 0.6 is 0 Å². The second-order valence-corrected chi connectivity index (χ2v) is 22.2. The van der Waals surface area contributed by atoms with Crippen LogP contribution in [0, 0.1) is 56.7 Å². The van der Waals surface area contributed by atoms with Crippen molar-refractivity contribution < 1.29 is 18.7 Å². The summed E-state index contributed by atoms with van der Waals surface area (Å²) < 4.78 is 20.3. The standard InChI is InChI=1S/C36H62O4Si/c1-12-41(13-2,14-3)40-29-28-27(23(4)21-33(9,39-28)30(37)38-11)32(8)19-20-36-22-35(36)18-17-24(5)31(6,7)25(35)15-16-26(36)34(29,32)10/h23-29H,12-22H2,1-11H3/t23?,24-,25-,26-,27?,28-,29-,32+,33+,34+,35?,36-/m0/s1. The Hall–Kier alpha value is -0.393. The Balaban J connectivity index is 1.48. The molecule has 1 heterocycles. The van der Waals surface area contributed by atoms with Crippen LogP contribution < -0.4 is 0 Å². The fraction of sp³-hybridized carbons (Fsp3) is 0.972. The summed E-state index contributed by atoms with van der Waals surface area (Å²) >= 11 is 0. The van der Waals surface area contributed by atoms with Crippen LogP contribution in [0.5, 0.6) is 0 Å². The van der Waals surface area contributed by atoms with Gasteiger partial charge in [0.15, 0.2) is 13.9 Å². The quantitative estimate of drug-likeness (QED) is 0.230. The average molecular weight is 587 g/mol. The van der Waals surface area contributed by atoms with E-state index in [0.29, 0.717) is 34.0 Å². The van der Waals surface area contributed by atoms with Gasteiger partial charge < -0.3 is 13.9 Å². The average Bonchev–Trinajstić information content (AvgIpc) is 3.56. The van der Waals surface area contributed by atoms with Crippen molar-refractivity contribution in [1.82, 2.24) is 0 Å². The maximum Gasteiger partial charge on any atom is 0.337 e. The summed E-state index contributed by atoms with van der Waals surface area (Å²) in [7, 11) is -0.434. The topological polar surface area (TPSA) is 44.8 Å². The van der Waals surface area contributed by atoms with Crippen LogP contribution in [0.3, 0.4) is 0 Å². The molecule has 6 rings (SSSR count). The van der Waals surface area contributed by atoms with Gasteiger partial charge in [-0.3, -0.25) is 0 Å². The highest BCUT2D eigenvalue weighted by atomic mass is 28.4. The van der Waals surface area contributed by atoms with Gasteiger partial charge in [0.2, 0.25) is 0 Å². The first-order chi connectivity index (χ1) is 19.1. The molecule has 1 saturated heterocycles. The van der Waals surface area contributed by atoms with Gasteiger partial charge >= 0.3 is 5.97 Å². The SMILES string of the molecule is CC[Si](CC)(CC)O[C@H]1[C@H]2O[C@@](C)(C(=O)OC)CC(C)C2[C@@]2(C)CC[C@@]34CC35CC[C@H](C)C(C)(C)[C@@H]5CC[C@H]4[C@]12C. The molecule has 5 saturated carbocycles. The van der Waals surface area contributed by atoms with Crippen molar-refractivity contribution in [3.05, 3.63) is 0 Å². The fourth-order valence-electron chi connectivity index (χ4n) is 13.6. The lowest BCUT2D eigenvalue weighted by atomic mass is 9.41. The van der Waals surface area contributed by atoms with Crippen molar-refractivity contribution in [1.29, 1.82) is 0 Å². The third kappa shape index (κ3) is 3.55. The molecule has 6 fully saturated rings. The van der Waals surface area contributed by atoms with Crippen LogP contribution in [0.25, 0.3) is 0 Å². The lowest BCUT2D eigenvalue weighted by molar-refractivity contribution is -0.209. The van der Waals surface area contributed by atoms with E-state index in [1.165, 1.54) is 52.1 Å². The molecular formula is C36H62O4Si. The van der Waals surface area contributed by atoms with Crippen LogP contribution in [-0.4, -0.2) is 39.2 Å². The Morgan fingerprint density at radius 1 is 0.878 bits per heavy atom. The van der Waals surface area contributed by atoms with Gasteiger partial charge in [-0.05, 0) is 128 Å². The number of fused-ring (bicyclic) bond motifs is 4. The predicted octanol–water partition coefficient (Wildman–Crippen LogP) is 9.03. The van der Waals surface area contributed by atoms with Crippen molar-refractivity contribution in [2.24, 2.45) is 56.7 Å². The number of esters is 1. The minimum absolute atomic E-state index is 0.0419. The Morgan fingerprint density at radius 2 is 1.49 bits per heavy atom. The first kappa shape index (κ1) is 30.6. The molecule has 6 aliphatic rings. The zero-order valence-electron chi connectivity index (χ0n) is 28.5. The zero-order chi connectivity index (χ0) is 30.0. The summed E-state index contributed by atoms with van der Waals surface area (Å²) in [5, 5.41) is 0. The highest BCUT2D eigenvalue weighted by Gasteiger charge is 2.85. The lowest BCUT2D eigenvalue weighted by Crippen LogP contribution is -2.61. The molecule has 4 nitrogen and oxygen atoms in total. The van der Waals surface area contributed by atoms with E-state index >= 15 is 0 Å². The summed E-state index contributed by atoms with van der Waals surface area (Å²) in [4.78, 5) is 13.2. The van der Waals surface area contributed by atoms with E-state index in [1.54, 1.807) is 0 Å². The molecule has 12 atom stereocenters. The minimum Gasteiger partial charge on any atom is -0.467 e. The molecular weight excluding hydrogens is 524 g/mol. The first-order valence-electron chi connectivity index (χ1n) is 17.6. The van der Waals surface area contributed by atoms with E-state index < -0.39 is 13.9 Å². The Kier molecular flexibility index (Phi) is 6.96. The van der Waals surface area contributed by atoms with E-state index in [9.17, 15) is 4.79 Å². The number of carbonyl (C=O) groups is 1. The van der Waals surface area contributed by atoms with Crippen LogP contribution in [0.15, 0.2) is 0 Å². The molecule has 0 aromatic carbocycles.